The van der Waals surface area contributed by atoms with Gasteiger partial charge in [0.1, 0.15) is 0 Å². The van der Waals surface area contributed by atoms with E-state index in [2.05, 4.69) is 10.1 Å². The van der Waals surface area contributed by atoms with E-state index in [4.69, 9.17) is 4.74 Å². The molecular formula is C14H17NO4. The molecular weight excluding hydrogens is 246 g/mol. The number of esters is 1. The van der Waals surface area contributed by atoms with E-state index in [1.165, 1.54) is 7.11 Å². The summed E-state index contributed by atoms with van der Waals surface area (Å²) in [5.41, 5.74) is 1.00. The van der Waals surface area contributed by atoms with Crippen molar-refractivity contribution >= 4 is 17.6 Å². The van der Waals surface area contributed by atoms with Gasteiger partial charge in [-0.1, -0.05) is 6.07 Å². The van der Waals surface area contributed by atoms with Crippen LogP contribution in [0.25, 0.3) is 0 Å². The average molecular weight is 263 g/mol. The van der Waals surface area contributed by atoms with Crippen molar-refractivity contribution in [3.05, 3.63) is 29.8 Å². The molecule has 1 aromatic carbocycles. The molecule has 1 N–H and O–H groups in total. The van der Waals surface area contributed by atoms with E-state index in [0.29, 0.717) is 17.7 Å². The molecule has 1 aliphatic rings. The van der Waals surface area contributed by atoms with Gasteiger partial charge in [0.05, 0.1) is 25.2 Å². The summed E-state index contributed by atoms with van der Waals surface area (Å²) in [6.45, 7) is 0.732. The maximum Gasteiger partial charge on any atom is 0.337 e. The molecule has 2 rings (SSSR count). The van der Waals surface area contributed by atoms with Crippen LogP contribution in [0.3, 0.4) is 0 Å². The normalized spacial score (nSPS) is 18.1. The van der Waals surface area contributed by atoms with Crippen molar-refractivity contribution in [3.63, 3.8) is 0 Å². The van der Waals surface area contributed by atoms with Gasteiger partial charge < -0.3 is 14.8 Å². The number of carbonyl (C=O) groups excluding carboxylic acids is 2. The van der Waals surface area contributed by atoms with Crippen molar-refractivity contribution in [1.29, 1.82) is 0 Å². The molecule has 0 aromatic heterocycles. The molecule has 0 radical (unpaired) electrons. The van der Waals surface area contributed by atoms with E-state index in [1.54, 1.807) is 24.3 Å². The predicted octanol–water partition coefficient (Wildman–Crippen LogP) is 1.98. The van der Waals surface area contributed by atoms with Gasteiger partial charge in [-0.3, -0.25) is 4.79 Å². The molecule has 5 nitrogen and oxygen atoms in total. The molecule has 1 unspecified atom stereocenters. The van der Waals surface area contributed by atoms with Crippen LogP contribution in [0.1, 0.15) is 29.6 Å². The number of rotatable bonds is 4. The lowest BCUT2D eigenvalue weighted by Gasteiger charge is -2.10. The minimum Gasteiger partial charge on any atom is -0.465 e. The van der Waals surface area contributed by atoms with E-state index in [0.717, 1.165) is 19.4 Å². The van der Waals surface area contributed by atoms with E-state index >= 15 is 0 Å². The number of amides is 1. The molecule has 19 heavy (non-hydrogen) atoms. The standard InChI is InChI=1S/C14H17NO4/c1-18-14(17)10-4-2-5-11(8-10)15-13(16)9-12-6-3-7-19-12/h2,4-5,8,12H,3,6-7,9H2,1H3,(H,15,16). The molecule has 0 saturated carbocycles. The Bertz CT molecular complexity index is 466. The summed E-state index contributed by atoms with van der Waals surface area (Å²) in [5.74, 6) is -0.524. The summed E-state index contributed by atoms with van der Waals surface area (Å²) in [5, 5.41) is 2.76. The number of benzene rings is 1. The van der Waals surface area contributed by atoms with Gasteiger partial charge in [-0.05, 0) is 31.0 Å². The van der Waals surface area contributed by atoms with Gasteiger partial charge in [0.2, 0.25) is 5.91 Å². The van der Waals surface area contributed by atoms with Gasteiger partial charge in [-0.2, -0.15) is 0 Å². The quantitative estimate of drug-likeness (QED) is 0.844. The van der Waals surface area contributed by atoms with Crippen molar-refractivity contribution in [2.24, 2.45) is 0 Å². The first kappa shape index (κ1) is 13.5. The number of hydrogen-bond acceptors (Lipinski definition) is 4. The molecule has 1 atom stereocenters. The molecule has 1 aromatic rings. The third-order valence-corrected chi connectivity index (χ3v) is 3.00. The Morgan fingerprint density at radius 2 is 2.32 bits per heavy atom. The Balaban J connectivity index is 1.94. The van der Waals surface area contributed by atoms with Gasteiger partial charge in [-0.15, -0.1) is 0 Å². The first-order valence-electron chi connectivity index (χ1n) is 6.29. The van der Waals surface area contributed by atoms with Crippen LogP contribution in [0.4, 0.5) is 5.69 Å². The number of methoxy groups -OCH3 is 1. The van der Waals surface area contributed by atoms with Crippen molar-refractivity contribution in [2.45, 2.75) is 25.4 Å². The second kappa shape index (κ2) is 6.33. The molecule has 1 amide bonds. The molecule has 1 heterocycles. The number of ether oxygens (including phenoxy) is 2. The minimum absolute atomic E-state index is 0.0174. The summed E-state index contributed by atoms with van der Waals surface area (Å²) in [7, 11) is 1.32. The molecule has 0 spiro atoms. The number of nitrogens with one attached hydrogen (secondary N) is 1. The van der Waals surface area contributed by atoms with Crippen molar-refractivity contribution in [1.82, 2.24) is 0 Å². The van der Waals surface area contributed by atoms with Crippen molar-refractivity contribution in [3.8, 4) is 0 Å². The number of hydrogen-bond donors (Lipinski definition) is 1. The highest BCUT2D eigenvalue weighted by Gasteiger charge is 2.19. The third-order valence-electron chi connectivity index (χ3n) is 3.00. The first-order valence-corrected chi connectivity index (χ1v) is 6.29. The lowest BCUT2D eigenvalue weighted by atomic mass is 10.1. The molecule has 1 fully saturated rings. The fourth-order valence-corrected chi connectivity index (χ4v) is 2.07. The van der Waals surface area contributed by atoms with E-state index in [-0.39, 0.29) is 12.0 Å². The van der Waals surface area contributed by atoms with Crippen LogP contribution < -0.4 is 5.32 Å². The SMILES string of the molecule is COC(=O)c1cccc(NC(=O)CC2CCCO2)c1. The monoisotopic (exact) mass is 263 g/mol. The van der Waals surface area contributed by atoms with Gasteiger partial charge in [0.15, 0.2) is 0 Å². The lowest BCUT2D eigenvalue weighted by molar-refractivity contribution is -0.118. The maximum absolute atomic E-state index is 11.8. The van der Waals surface area contributed by atoms with Crippen molar-refractivity contribution in [2.75, 3.05) is 19.0 Å². The molecule has 1 aliphatic heterocycles. The number of anilines is 1. The van der Waals surface area contributed by atoms with Crippen LogP contribution in [-0.2, 0) is 14.3 Å². The highest BCUT2D eigenvalue weighted by molar-refractivity contribution is 5.94. The Hall–Kier alpha value is -1.88. The Morgan fingerprint density at radius 3 is 3.00 bits per heavy atom. The second-order valence-corrected chi connectivity index (χ2v) is 4.46. The summed E-state index contributed by atoms with van der Waals surface area (Å²) in [6.07, 6.45) is 2.30. The molecule has 102 valence electrons. The van der Waals surface area contributed by atoms with Crippen LogP contribution >= 0.6 is 0 Å². The van der Waals surface area contributed by atoms with Crippen LogP contribution in [-0.4, -0.2) is 31.7 Å². The maximum atomic E-state index is 11.8. The number of carbonyl (C=O) groups is 2. The summed E-state index contributed by atoms with van der Waals surface area (Å²) in [4.78, 5) is 23.2. The van der Waals surface area contributed by atoms with Crippen LogP contribution in [0.2, 0.25) is 0 Å². The van der Waals surface area contributed by atoms with Gasteiger partial charge in [0.25, 0.3) is 0 Å². The Kier molecular flexibility index (Phi) is 4.52. The van der Waals surface area contributed by atoms with E-state index < -0.39 is 5.97 Å². The first-order chi connectivity index (χ1) is 9.19. The second-order valence-electron chi connectivity index (χ2n) is 4.46. The van der Waals surface area contributed by atoms with Gasteiger partial charge >= 0.3 is 5.97 Å². The summed E-state index contributed by atoms with van der Waals surface area (Å²) in [6, 6.07) is 6.68. The fraction of sp³-hybridized carbons (Fsp3) is 0.429. The highest BCUT2D eigenvalue weighted by Crippen LogP contribution is 2.17. The highest BCUT2D eigenvalue weighted by atomic mass is 16.5. The Morgan fingerprint density at radius 1 is 1.47 bits per heavy atom. The van der Waals surface area contributed by atoms with Crippen LogP contribution in [0.5, 0.6) is 0 Å². The third kappa shape index (κ3) is 3.79. The van der Waals surface area contributed by atoms with Gasteiger partial charge in [0, 0.05) is 12.3 Å². The molecule has 0 aliphatic carbocycles. The largest absolute Gasteiger partial charge is 0.465 e. The molecule has 5 heteroatoms. The predicted molar refractivity (Wildman–Crippen MR) is 70.0 cm³/mol. The lowest BCUT2D eigenvalue weighted by Crippen LogP contribution is -2.19. The smallest absolute Gasteiger partial charge is 0.337 e. The van der Waals surface area contributed by atoms with Crippen LogP contribution in [0, 0.1) is 0 Å². The molecule has 0 bridgehead atoms. The minimum atomic E-state index is -0.421. The van der Waals surface area contributed by atoms with E-state index in [9.17, 15) is 9.59 Å². The zero-order valence-electron chi connectivity index (χ0n) is 10.8. The average Bonchev–Trinajstić information content (AvgIpc) is 2.90. The van der Waals surface area contributed by atoms with Crippen molar-refractivity contribution < 1.29 is 19.1 Å². The van der Waals surface area contributed by atoms with E-state index in [1.807, 2.05) is 0 Å². The van der Waals surface area contributed by atoms with Crippen LogP contribution in [0.15, 0.2) is 24.3 Å². The summed E-state index contributed by atoms with van der Waals surface area (Å²) >= 11 is 0. The zero-order valence-corrected chi connectivity index (χ0v) is 10.8. The van der Waals surface area contributed by atoms with Gasteiger partial charge in [-0.25, -0.2) is 4.79 Å². The topological polar surface area (TPSA) is 64.6 Å². The summed E-state index contributed by atoms with van der Waals surface area (Å²) < 4.78 is 10.0. The molecule has 1 saturated heterocycles. The zero-order chi connectivity index (χ0) is 13.7. The Labute approximate surface area is 111 Å². The fourth-order valence-electron chi connectivity index (χ4n) is 2.07.